The van der Waals surface area contributed by atoms with E-state index in [0.717, 1.165) is 5.69 Å². The summed E-state index contributed by atoms with van der Waals surface area (Å²) in [6.45, 7) is 0.983. The summed E-state index contributed by atoms with van der Waals surface area (Å²) < 4.78 is 5.18. The molecular weight excluding hydrogens is 340 g/mol. The van der Waals surface area contributed by atoms with Crippen molar-refractivity contribution >= 4 is 34.2 Å². The van der Waals surface area contributed by atoms with Crippen LogP contribution in [-0.4, -0.2) is 26.0 Å². The summed E-state index contributed by atoms with van der Waals surface area (Å²) in [5.41, 5.74) is 0.825. The van der Waals surface area contributed by atoms with Crippen LogP contribution in [0.25, 0.3) is 11.0 Å². The third kappa shape index (κ3) is 4.00. The Bertz CT molecular complexity index is 951. The Kier molecular flexibility index (Phi) is 5.05. The molecule has 0 saturated carbocycles. The highest BCUT2D eigenvalue weighted by Gasteiger charge is 2.13. The maximum absolute atomic E-state index is 12.3. The number of rotatable bonds is 5. The van der Waals surface area contributed by atoms with Gasteiger partial charge in [0.2, 0.25) is 0 Å². The summed E-state index contributed by atoms with van der Waals surface area (Å²) in [4.78, 5) is 26.2. The van der Waals surface area contributed by atoms with Crippen LogP contribution >= 0.6 is 11.6 Å². The van der Waals surface area contributed by atoms with Gasteiger partial charge < -0.3 is 14.6 Å². The highest BCUT2D eigenvalue weighted by molar-refractivity contribution is 6.30. The van der Waals surface area contributed by atoms with Crippen LogP contribution in [0.3, 0.4) is 0 Å². The van der Waals surface area contributed by atoms with E-state index in [1.165, 1.54) is 0 Å². The quantitative estimate of drug-likeness (QED) is 0.712. The first kappa shape index (κ1) is 17.0. The van der Waals surface area contributed by atoms with Crippen molar-refractivity contribution in [3.63, 3.8) is 0 Å². The Morgan fingerprint density at radius 2 is 1.88 bits per heavy atom. The number of para-hydroxylation sites is 1. The molecule has 1 aromatic heterocycles. The molecule has 5 nitrogen and oxygen atoms in total. The molecule has 25 heavy (non-hydrogen) atoms. The number of benzene rings is 2. The zero-order chi connectivity index (χ0) is 17.8. The first-order valence-electron chi connectivity index (χ1n) is 7.82. The molecule has 3 aromatic rings. The molecule has 3 rings (SSSR count). The smallest absolute Gasteiger partial charge is 0.349 e. The second-order valence-corrected chi connectivity index (χ2v) is 6.08. The minimum atomic E-state index is -0.637. The van der Waals surface area contributed by atoms with Crippen molar-refractivity contribution in [1.82, 2.24) is 5.32 Å². The number of fused-ring (bicyclic) bond motifs is 1. The number of amides is 1. The number of hydrogen-bond acceptors (Lipinski definition) is 4. The summed E-state index contributed by atoms with van der Waals surface area (Å²) in [5, 5.41) is 4.14. The van der Waals surface area contributed by atoms with Crippen molar-refractivity contribution in [1.29, 1.82) is 0 Å². The maximum atomic E-state index is 12.3. The van der Waals surface area contributed by atoms with E-state index in [9.17, 15) is 9.59 Å². The zero-order valence-corrected chi connectivity index (χ0v) is 14.4. The Labute approximate surface area is 149 Å². The lowest BCUT2D eigenvalue weighted by atomic mass is 10.2. The molecule has 1 heterocycles. The summed E-state index contributed by atoms with van der Waals surface area (Å²) in [5.74, 6) is -0.441. The van der Waals surface area contributed by atoms with Crippen LogP contribution in [0, 0.1) is 0 Å². The number of nitrogens with one attached hydrogen (secondary N) is 1. The second kappa shape index (κ2) is 7.40. The van der Waals surface area contributed by atoms with Gasteiger partial charge in [-0.1, -0.05) is 29.8 Å². The molecule has 128 valence electrons. The topological polar surface area (TPSA) is 62.6 Å². The largest absolute Gasteiger partial charge is 0.422 e. The summed E-state index contributed by atoms with van der Waals surface area (Å²) in [6.07, 6.45) is 0. The lowest BCUT2D eigenvalue weighted by Crippen LogP contribution is -2.35. The van der Waals surface area contributed by atoms with Crippen molar-refractivity contribution in [2.45, 2.75) is 0 Å². The van der Waals surface area contributed by atoms with Gasteiger partial charge in [0.15, 0.2) is 0 Å². The van der Waals surface area contributed by atoms with Crippen LogP contribution in [0.2, 0.25) is 5.02 Å². The fourth-order valence-electron chi connectivity index (χ4n) is 2.48. The molecule has 0 fully saturated rings. The van der Waals surface area contributed by atoms with E-state index in [-0.39, 0.29) is 5.56 Å². The average molecular weight is 357 g/mol. The SMILES string of the molecule is CN(CCNC(=O)c1cc2ccccc2oc1=O)c1ccc(Cl)cc1. The Morgan fingerprint density at radius 3 is 2.64 bits per heavy atom. The fraction of sp³-hybridized carbons (Fsp3) is 0.158. The standard InChI is InChI=1S/C19H17ClN2O3/c1-22(15-8-6-14(20)7-9-15)11-10-21-18(23)16-12-13-4-2-3-5-17(13)25-19(16)24/h2-9,12H,10-11H2,1H3,(H,21,23). The van der Waals surface area contributed by atoms with E-state index in [4.69, 9.17) is 16.0 Å². The van der Waals surface area contributed by atoms with Crippen LogP contribution in [0.4, 0.5) is 5.69 Å². The van der Waals surface area contributed by atoms with Gasteiger partial charge in [0.25, 0.3) is 5.91 Å². The van der Waals surface area contributed by atoms with Gasteiger partial charge >= 0.3 is 5.63 Å². The van der Waals surface area contributed by atoms with Gasteiger partial charge in [0, 0.05) is 36.2 Å². The van der Waals surface area contributed by atoms with E-state index < -0.39 is 11.5 Å². The predicted octanol–water partition coefficient (Wildman–Crippen LogP) is 3.31. The summed E-state index contributed by atoms with van der Waals surface area (Å²) in [7, 11) is 1.92. The molecule has 1 N–H and O–H groups in total. The van der Waals surface area contributed by atoms with Crippen LogP contribution in [0.1, 0.15) is 10.4 Å². The molecule has 0 atom stereocenters. The van der Waals surface area contributed by atoms with Crippen LogP contribution in [0.15, 0.2) is 63.8 Å². The van der Waals surface area contributed by atoms with Gasteiger partial charge in [0.1, 0.15) is 11.1 Å². The molecule has 1 amide bonds. The number of carbonyl (C=O) groups is 1. The van der Waals surface area contributed by atoms with E-state index in [0.29, 0.717) is 29.1 Å². The average Bonchev–Trinajstić information content (AvgIpc) is 2.61. The third-order valence-corrected chi connectivity index (χ3v) is 4.14. The molecule has 0 aliphatic rings. The third-order valence-electron chi connectivity index (χ3n) is 3.89. The van der Waals surface area contributed by atoms with Crippen molar-refractivity contribution in [3.8, 4) is 0 Å². The number of anilines is 1. The molecule has 0 unspecified atom stereocenters. The number of nitrogens with zero attached hydrogens (tertiary/aromatic N) is 1. The number of hydrogen-bond donors (Lipinski definition) is 1. The van der Waals surface area contributed by atoms with Crippen molar-refractivity contribution in [2.24, 2.45) is 0 Å². The summed E-state index contributed by atoms with van der Waals surface area (Å²) >= 11 is 5.87. The van der Waals surface area contributed by atoms with E-state index in [1.54, 1.807) is 24.3 Å². The maximum Gasteiger partial charge on any atom is 0.349 e. The highest BCUT2D eigenvalue weighted by atomic mass is 35.5. The van der Waals surface area contributed by atoms with E-state index >= 15 is 0 Å². The van der Waals surface area contributed by atoms with Gasteiger partial charge in [-0.25, -0.2) is 4.79 Å². The normalized spacial score (nSPS) is 10.6. The molecule has 0 saturated heterocycles. The first-order valence-corrected chi connectivity index (χ1v) is 8.20. The lowest BCUT2D eigenvalue weighted by molar-refractivity contribution is 0.0951. The minimum absolute atomic E-state index is 0.00726. The molecule has 0 radical (unpaired) electrons. The fourth-order valence-corrected chi connectivity index (χ4v) is 2.60. The Balaban J connectivity index is 1.63. The molecule has 2 aromatic carbocycles. The van der Waals surface area contributed by atoms with Gasteiger partial charge in [-0.05, 0) is 36.4 Å². The molecular formula is C19H17ClN2O3. The minimum Gasteiger partial charge on any atom is -0.422 e. The van der Waals surface area contributed by atoms with Gasteiger partial charge in [0.05, 0.1) is 0 Å². The van der Waals surface area contributed by atoms with Gasteiger partial charge in [-0.2, -0.15) is 0 Å². The van der Waals surface area contributed by atoms with Crippen LogP contribution in [-0.2, 0) is 0 Å². The zero-order valence-electron chi connectivity index (χ0n) is 13.7. The molecule has 6 heteroatoms. The van der Waals surface area contributed by atoms with Crippen LogP contribution in [0.5, 0.6) is 0 Å². The lowest BCUT2D eigenvalue weighted by Gasteiger charge is -2.19. The number of carbonyl (C=O) groups excluding carboxylic acids is 1. The second-order valence-electron chi connectivity index (χ2n) is 5.64. The van der Waals surface area contributed by atoms with Crippen molar-refractivity contribution < 1.29 is 9.21 Å². The Hall–Kier alpha value is -2.79. The highest BCUT2D eigenvalue weighted by Crippen LogP contribution is 2.16. The van der Waals surface area contributed by atoms with E-state index in [1.807, 2.05) is 42.3 Å². The predicted molar refractivity (Wildman–Crippen MR) is 99.5 cm³/mol. The monoisotopic (exact) mass is 356 g/mol. The molecule has 0 aliphatic carbocycles. The Morgan fingerprint density at radius 1 is 1.16 bits per heavy atom. The molecule has 0 aliphatic heterocycles. The number of halogens is 1. The molecule has 0 spiro atoms. The molecule has 0 bridgehead atoms. The summed E-state index contributed by atoms with van der Waals surface area (Å²) in [6, 6.07) is 16.1. The van der Waals surface area contributed by atoms with Crippen LogP contribution < -0.4 is 15.8 Å². The van der Waals surface area contributed by atoms with Gasteiger partial charge in [-0.15, -0.1) is 0 Å². The first-order chi connectivity index (χ1) is 12.0. The number of likely N-dealkylation sites (N-methyl/N-ethyl adjacent to an activating group) is 1. The van der Waals surface area contributed by atoms with E-state index in [2.05, 4.69) is 5.32 Å². The van der Waals surface area contributed by atoms with Crippen molar-refractivity contribution in [2.75, 3.05) is 25.0 Å². The van der Waals surface area contributed by atoms with Gasteiger partial charge in [-0.3, -0.25) is 4.79 Å². The van der Waals surface area contributed by atoms with Crippen molar-refractivity contribution in [3.05, 3.63) is 75.6 Å².